The van der Waals surface area contributed by atoms with Crippen LogP contribution in [-0.2, 0) is 4.74 Å². The van der Waals surface area contributed by atoms with Crippen molar-refractivity contribution in [2.24, 2.45) is 0 Å². The third-order valence-electron chi connectivity index (χ3n) is 1.35. The number of hydrogen-bond donors (Lipinski definition) is 0. The lowest BCUT2D eigenvalue weighted by Crippen LogP contribution is -2.13. The highest BCUT2D eigenvalue weighted by atomic mass is 35.5. The van der Waals surface area contributed by atoms with Crippen LogP contribution in [0, 0.1) is 0 Å². The lowest BCUT2D eigenvalue weighted by molar-refractivity contribution is 0.115. The Morgan fingerprint density at radius 1 is 1.45 bits per heavy atom. The van der Waals surface area contributed by atoms with Crippen LogP contribution in [0.1, 0.15) is 20.3 Å². The van der Waals surface area contributed by atoms with Crippen LogP contribution in [0.25, 0.3) is 0 Å². The minimum absolute atomic E-state index is 0.0324. The molecule has 0 saturated heterocycles. The highest BCUT2D eigenvalue weighted by Gasteiger charge is 2.08. The molecule has 1 unspecified atom stereocenters. The molecule has 0 aliphatic heterocycles. The van der Waals surface area contributed by atoms with Gasteiger partial charge in [0.2, 0.25) is 0 Å². The maximum absolute atomic E-state index is 5.43. The molecule has 11 heavy (non-hydrogen) atoms. The van der Waals surface area contributed by atoms with Crippen molar-refractivity contribution in [1.82, 2.24) is 0 Å². The molecule has 0 rings (SSSR count). The zero-order chi connectivity index (χ0) is 8.85. The van der Waals surface area contributed by atoms with Crippen molar-refractivity contribution in [1.29, 1.82) is 0 Å². The van der Waals surface area contributed by atoms with Crippen molar-refractivity contribution in [3.05, 3.63) is 24.3 Å². The van der Waals surface area contributed by atoms with E-state index >= 15 is 0 Å². The zero-order valence-corrected chi connectivity index (χ0v) is 7.95. The summed E-state index contributed by atoms with van der Waals surface area (Å²) in [6.45, 7) is 11.5. The molecule has 1 atom stereocenters. The Labute approximate surface area is 73.7 Å². The van der Waals surface area contributed by atoms with Gasteiger partial charge in [0.1, 0.15) is 6.07 Å². The van der Waals surface area contributed by atoms with Crippen LogP contribution in [-0.4, -0.2) is 12.2 Å². The monoisotopic (exact) mass is 174 g/mol. The lowest BCUT2D eigenvalue weighted by Gasteiger charge is -2.15. The van der Waals surface area contributed by atoms with E-state index in [0.29, 0.717) is 0 Å². The summed E-state index contributed by atoms with van der Waals surface area (Å²) in [6.07, 6.45) is 0.840. The molecule has 0 amide bonds. The molecule has 0 aliphatic carbocycles. The van der Waals surface area contributed by atoms with Gasteiger partial charge >= 0.3 is 0 Å². The summed E-state index contributed by atoms with van der Waals surface area (Å²) >= 11 is 5.43. The Balaban J connectivity index is 3.89. The van der Waals surface area contributed by atoms with Gasteiger partial charge < -0.3 is 4.74 Å². The third-order valence-corrected chi connectivity index (χ3v) is 1.47. The van der Waals surface area contributed by atoms with Crippen molar-refractivity contribution in [3.8, 4) is 0 Å². The van der Waals surface area contributed by atoms with Gasteiger partial charge in [-0.2, -0.15) is 0 Å². The minimum Gasteiger partial charge on any atom is -0.358 e. The van der Waals surface area contributed by atoms with Crippen molar-refractivity contribution in [2.75, 3.05) is 6.07 Å². The van der Waals surface area contributed by atoms with Gasteiger partial charge in [0.15, 0.2) is 0 Å². The molecule has 2 heteroatoms. The van der Waals surface area contributed by atoms with Crippen LogP contribution < -0.4 is 0 Å². The van der Waals surface area contributed by atoms with E-state index in [4.69, 9.17) is 16.3 Å². The van der Waals surface area contributed by atoms with Crippen LogP contribution in [0.15, 0.2) is 24.3 Å². The fourth-order valence-corrected chi connectivity index (χ4v) is 0.920. The molecule has 0 spiro atoms. The Hall–Kier alpha value is -0.270. The molecule has 0 heterocycles. The van der Waals surface area contributed by atoms with Crippen LogP contribution in [0.3, 0.4) is 0 Å². The Kier molecular flexibility index (Phi) is 5.26. The molecule has 0 bridgehead atoms. The van der Waals surface area contributed by atoms with E-state index in [2.05, 4.69) is 13.2 Å². The van der Waals surface area contributed by atoms with Crippen LogP contribution in [0.2, 0.25) is 0 Å². The van der Waals surface area contributed by atoms with Gasteiger partial charge in [-0.1, -0.05) is 29.3 Å². The van der Waals surface area contributed by atoms with Crippen LogP contribution in [0.5, 0.6) is 0 Å². The first-order chi connectivity index (χ1) is 5.07. The predicted octanol–water partition coefficient (Wildman–Crippen LogP) is 3.11. The molecule has 0 aromatic carbocycles. The highest BCUT2D eigenvalue weighted by Crippen LogP contribution is 2.13. The average Bonchev–Trinajstić information content (AvgIpc) is 1.86. The Bertz CT molecular complexity index is 152. The summed E-state index contributed by atoms with van der Waals surface area (Å²) in [7, 11) is 0. The number of halogens is 1. The maximum Gasteiger partial charge on any atom is 0.121 e. The topological polar surface area (TPSA) is 9.23 Å². The summed E-state index contributed by atoms with van der Waals surface area (Å²) in [5, 5.41) is 0. The van der Waals surface area contributed by atoms with E-state index in [-0.39, 0.29) is 12.2 Å². The van der Waals surface area contributed by atoms with Gasteiger partial charge in [-0.05, 0) is 20.3 Å². The fourth-order valence-electron chi connectivity index (χ4n) is 0.768. The minimum atomic E-state index is 0.0324. The van der Waals surface area contributed by atoms with Gasteiger partial charge in [0, 0.05) is 0 Å². The quantitative estimate of drug-likeness (QED) is 0.460. The van der Waals surface area contributed by atoms with Gasteiger partial charge in [-0.3, -0.25) is 0 Å². The number of hydrogen-bond acceptors (Lipinski definition) is 1. The first-order valence-electron chi connectivity index (χ1n) is 3.55. The Morgan fingerprint density at radius 2 is 2.00 bits per heavy atom. The van der Waals surface area contributed by atoms with E-state index in [1.807, 2.05) is 13.8 Å². The predicted molar refractivity (Wildman–Crippen MR) is 49.8 cm³/mol. The largest absolute Gasteiger partial charge is 0.358 e. The van der Waals surface area contributed by atoms with E-state index in [1.54, 1.807) is 0 Å². The van der Waals surface area contributed by atoms with Crippen LogP contribution in [0.4, 0.5) is 0 Å². The second kappa shape index (κ2) is 5.39. The molecule has 0 aliphatic rings. The zero-order valence-electron chi connectivity index (χ0n) is 7.19. The van der Waals surface area contributed by atoms with Gasteiger partial charge in [0.25, 0.3) is 0 Å². The maximum atomic E-state index is 5.43. The second-order valence-electron chi connectivity index (χ2n) is 2.77. The lowest BCUT2D eigenvalue weighted by atomic mass is 10.1. The summed E-state index contributed by atoms with van der Waals surface area (Å²) in [6, 6.07) is 0.213. The van der Waals surface area contributed by atoms with Crippen molar-refractivity contribution >= 4 is 11.6 Å². The molecule has 0 saturated carbocycles. The molecule has 0 radical (unpaired) electrons. The van der Waals surface area contributed by atoms with Gasteiger partial charge in [-0.25, -0.2) is 0 Å². The molecular weight excluding hydrogens is 160 g/mol. The third kappa shape index (κ3) is 5.05. The SMILES string of the molecule is C=C(C)CC(OCCl)C(=C)C. The van der Waals surface area contributed by atoms with Crippen LogP contribution >= 0.6 is 11.6 Å². The van der Waals surface area contributed by atoms with Crippen molar-refractivity contribution in [2.45, 2.75) is 26.4 Å². The van der Waals surface area contributed by atoms with Crippen molar-refractivity contribution in [3.63, 3.8) is 0 Å². The Morgan fingerprint density at radius 3 is 2.27 bits per heavy atom. The summed E-state index contributed by atoms with van der Waals surface area (Å²) < 4.78 is 5.22. The normalized spacial score (nSPS) is 12.6. The first kappa shape index (κ1) is 10.7. The second-order valence-corrected chi connectivity index (χ2v) is 2.99. The molecule has 0 aromatic heterocycles. The number of ether oxygens (including phenoxy) is 1. The smallest absolute Gasteiger partial charge is 0.121 e. The number of alkyl halides is 1. The summed E-state index contributed by atoms with van der Waals surface area (Å²) in [5.74, 6) is 0. The molecule has 0 aromatic rings. The van der Waals surface area contributed by atoms with E-state index in [0.717, 1.165) is 17.6 Å². The molecule has 0 N–H and O–H groups in total. The molecule has 1 nitrogen and oxygen atoms in total. The molecule has 64 valence electrons. The van der Waals surface area contributed by atoms with E-state index < -0.39 is 0 Å². The number of rotatable bonds is 5. The van der Waals surface area contributed by atoms with Crippen molar-refractivity contribution < 1.29 is 4.74 Å². The molecule has 0 fully saturated rings. The first-order valence-corrected chi connectivity index (χ1v) is 4.08. The van der Waals surface area contributed by atoms with E-state index in [9.17, 15) is 0 Å². The van der Waals surface area contributed by atoms with Gasteiger partial charge in [0.05, 0.1) is 6.10 Å². The van der Waals surface area contributed by atoms with Gasteiger partial charge in [-0.15, -0.1) is 6.58 Å². The highest BCUT2D eigenvalue weighted by molar-refractivity contribution is 6.17. The fraction of sp³-hybridized carbons (Fsp3) is 0.556. The van der Waals surface area contributed by atoms with E-state index in [1.165, 1.54) is 0 Å². The average molecular weight is 175 g/mol. The summed E-state index contributed by atoms with van der Waals surface area (Å²) in [4.78, 5) is 0. The summed E-state index contributed by atoms with van der Waals surface area (Å²) in [5.41, 5.74) is 2.08. The molecular formula is C9H15ClO. The standard InChI is InChI=1S/C9H15ClO/c1-7(2)5-9(8(3)4)11-6-10/h9H,1,3,5-6H2,2,4H3.